The molecule has 0 aromatic carbocycles. The van der Waals surface area contributed by atoms with Crippen LogP contribution in [-0.2, 0) is 0 Å². The van der Waals surface area contributed by atoms with E-state index < -0.39 is 0 Å². The van der Waals surface area contributed by atoms with E-state index in [0.29, 0.717) is 41.4 Å². The summed E-state index contributed by atoms with van der Waals surface area (Å²) in [4.78, 5) is 15.6. The van der Waals surface area contributed by atoms with Crippen LogP contribution >= 0.6 is 0 Å². The first kappa shape index (κ1) is 33.9. The zero-order valence-electron chi connectivity index (χ0n) is 25.0. The molecule has 0 amide bonds. The van der Waals surface area contributed by atoms with Crippen molar-refractivity contribution in [2.75, 3.05) is 0 Å². The highest BCUT2D eigenvalue weighted by Crippen LogP contribution is 2.10. The van der Waals surface area contributed by atoms with E-state index in [-0.39, 0.29) is 0 Å². The van der Waals surface area contributed by atoms with Crippen LogP contribution in [0.4, 0.5) is 0 Å². The summed E-state index contributed by atoms with van der Waals surface area (Å²) in [5, 5.41) is 14.3. The van der Waals surface area contributed by atoms with Crippen LogP contribution in [0, 0.1) is 0 Å². The van der Waals surface area contributed by atoms with Gasteiger partial charge in [0.1, 0.15) is 12.5 Å². The van der Waals surface area contributed by atoms with Crippen molar-refractivity contribution in [3.8, 4) is 0 Å². The Labute approximate surface area is 235 Å². The van der Waals surface area contributed by atoms with Gasteiger partial charge in [0.05, 0.1) is 11.9 Å². The van der Waals surface area contributed by atoms with Gasteiger partial charge in [0.25, 0.3) is 0 Å². The molecule has 13 nitrogen and oxygen atoms in total. The average Bonchev–Trinajstić information content (AvgIpc) is 3.74. The maximum Gasteiger partial charge on any atom is 0.228 e. The van der Waals surface area contributed by atoms with Gasteiger partial charge in [-0.3, -0.25) is 0 Å². The van der Waals surface area contributed by atoms with Gasteiger partial charge in [-0.25, -0.2) is 9.97 Å². The lowest BCUT2D eigenvalue weighted by Crippen LogP contribution is -1.87. The van der Waals surface area contributed by atoms with Crippen molar-refractivity contribution < 1.29 is 22.3 Å². The molecule has 0 unspecified atom stereocenters. The zero-order chi connectivity index (χ0) is 29.9. The molecule has 0 aliphatic heterocycles. The second-order valence-corrected chi connectivity index (χ2v) is 9.90. The summed E-state index contributed by atoms with van der Waals surface area (Å²) < 4.78 is 23.9. The first-order valence-corrected chi connectivity index (χ1v) is 13.1. The molecule has 0 aliphatic carbocycles. The van der Waals surface area contributed by atoms with Gasteiger partial charge in [-0.05, 0) is 5.92 Å². The third-order valence-corrected chi connectivity index (χ3v) is 4.63. The van der Waals surface area contributed by atoms with Gasteiger partial charge < -0.3 is 22.3 Å². The van der Waals surface area contributed by atoms with Gasteiger partial charge in [-0.1, -0.05) is 79.6 Å². The third-order valence-electron chi connectivity index (χ3n) is 4.63. The maximum atomic E-state index is 4.98. The molecule has 0 aliphatic rings. The molecule has 13 heteroatoms. The van der Waals surface area contributed by atoms with Crippen LogP contribution in [0.3, 0.4) is 0 Å². The lowest BCUT2D eigenvalue weighted by atomic mass is 10.2. The quantitative estimate of drug-likeness (QED) is 0.213. The molecule has 5 rings (SSSR count). The highest BCUT2D eigenvalue weighted by molar-refractivity contribution is 4.96. The van der Waals surface area contributed by atoms with E-state index in [9.17, 15) is 0 Å². The molecular formula is C27H42N8O5. The molecule has 0 radical (unpaired) electrons. The fraction of sp³-hybridized carbons (Fsp3) is 0.556. The molecule has 0 bridgehead atoms. The predicted octanol–water partition coefficient (Wildman–Crippen LogP) is 7.18. The van der Waals surface area contributed by atoms with Gasteiger partial charge in [0.2, 0.25) is 24.6 Å². The molecule has 5 aromatic rings. The van der Waals surface area contributed by atoms with Gasteiger partial charge in [-0.2, -0.15) is 9.97 Å². The number of hydrogen-bond donors (Lipinski definition) is 0. The van der Waals surface area contributed by atoms with E-state index in [1.807, 2.05) is 55.4 Å². The Hall–Kier alpha value is -4.16. The summed E-state index contributed by atoms with van der Waals surface area (Å²) in [7, 11) is 0. The third kappa shape index (κ3) is 14.1. The summed E-state index contributed by atoms with van der Waals surface area (Å²) in [6.07, 6.45) is 10.5. The zero-order valence-corrected chi connectivity index (χ0v) is 25.0. The molecule has 0 fully saturated rings. The van der Waals surface area contributed by atoms with Crippen molar-refractivity contribution in [1.29, 1.82) is 0 Å². The van der Waals surface area contributed by atoms with Crippen molar-refractivity contribution in [2.24, 2.45) is 0 Å². The minimum Gasteiger partial charge on any atom is -0.451 e. The Morgan fingerprint density at radius 1 is 0.625 bits per heavy atom. The Morgan fingerprint density at radius 3 is 1.57 bits per heavy atom. The van der Waals surface area contributed by atoms with Gasteiger partial charge in [0.15, 0.2) is 24.4 Å². The summed E-state index contributed by atoms with van der Waals surface area (Å²) in [6.45, 7) is 20.3. The number of aromatic nitrogens is 8. The van der Waals surface area contributed by atoms with Gasteiger partial charge in [-0.15, -0.1) is 10.2 Å². The summed E-state index contributed by atoms with van der Waals surface area (Å²) in [6, 6.07) is 0. The van der Waals surface area contributed by atoms with E-state index in [0.717, 1.165) is 17.4 Å². The molecule has 0 N–H and O–H groups in total. The highest BCUT2D eigenvalue weighted by atomic mass is 16.5. The Kier molecular flexibility index (Phi) is 16.1. The van der Waals surface area contributed by atoms with E-state index in [1.165, 1.54) is 25.5 Å². The Bertz CT molecular complexity index is 946. The average molecular weight is 559 g/mol. The fourth-order valence-corrected chi connectivity index (χ4v) is 2.33. The molecule has 220 valence electrons. The molecule has 0 spiro atoms. The molecule has 0 saturated heterocycles. The van der Waals surface area contributed by atoms with Crippen LogP contribution in [0.15, 0.2) is 66.5 Å². The van der Waals surface area contributed by atoms with E-state index in [1.54, 1.807) is 18.7 Å². The first-order valence-electron chi connectivity index (χ1n) is 13.1. The number of oxazole rings is 2. The van der Waals surface area contributed by atoms with Crippen molar-refractivity contribution in [1.82, 2.24) is 40.4 Å². The lowest BCUT2D eigenvalue weighted by molar-refractivity contribution is 0.364. The number of rotatable bonds is 5. The Balaban J connectivity index is 0.000000250. The van der Waals surface area contributed by atoms with E-state index in [4.69, 9.17) is 17.8 Å². The monoisotopic (exact) mass is 558 g/mol. The number of nitrogens with zero attached hydrogens (tertiary/aromatic N) is 8. The van der Waals surface area contributed by atoms with Crippen LogP contribution in [0.25, 0.3) is 0 Å². The molecular weight excluding hydrogens is 516 g/mol. The fourth-order valence-electron chi connectivity index (χ4n) is 2.33. The van der Waals surface area contributed by atoms with Gasteiger partial charge >= 0.3 is 0 Å². The summed E-state index contributed by atoms with van der Waals surface area (Å²) >= 11 is 0. The van der Waals surface area contributed by atoms with Gasteiger partial charge in [0, 0.05) is 23.7 Å². The molecule has 5 heterocycles. The summed E-state index contributed by atoms with van der Waals surface area (Å²) in [5.41, 5.74) is 1.02. The van der Waals surface area contributed by atoms with Crippen molar-refractivity contribution in [3.63, 3.8) is 0 Å². The lowest BCUT2D eigenvalue weighted by Gasteiger charge is -1.92. The number of hydrogen-bond acceptors (Lipinski definition) is 13. The van der Waals surface area contributed by atoms with Crippen LogP contribution in [0.2, 0.25) is 0 Å². The SMILES string of the molecule is CC(C)c1cocn1.CC(C)c1ncco1.CC(C)c1ncno1.CC(C)c1ncon1.CC(C)c1nnco1. The molecule has 40 heavy (non-hydrogen) atoms. The minimum atomic E-state index is 0.345. The normalized spacial score (nSPS) is 10.4. The smallest absolute Gasteiger partial charge is 0.228 e. The summed E-state index contributed by atoms with van der Waals surface area (Å²) in [5.74, 6) is 4.92. The van der Waals surface area contributed by atoms with E-state index in [2.05, 4.69) is 58.8 Å². The minimum absolute atomic E-state index is 0.345. The molecule has 5 aromatic heterocycles. The largest absolute Gasteiger partial charge is 0.451 e. The topological polar surface area (TPSA) is 169 Å². The van der Waals surface area contributed by atoms with Crippen LogP contribution < -0.4 is 0 Å². The van der Waals surface area contributed by atoms with Crippen molar-refractivity contribution in [3.05, 3.63) is 73.4 Å². The molecule has 0 saturated carbocycles. The van der Waals surface area contributed by atoms with Crippen LogP contribution in [0.5, 0.6) is 0 Å². The highest BCUT2D eigenvalue weighted by Gasteiger charge is 2.03. The maximum absolute atomic E-state index is 4.98. The predicted molar refractivity (Wildman–Crippen MR) is 146 cm³/mol. The Morgan fingerprint density at radius 2 is 1.32 bits per heavy atom. The molecule has 0 atom stereocenters. The second-order valence-electron chi connectivity index (χ2n) is 9.90. The first-order chi connectivity index (χ1) is 19.0. The van der Waals surface area contributed by atoms with Crippen LogP contribution in [-0.4, -0.2) is 40.4 Å². The van der Waals surface area contributed by atoms with E-state index >= 15 is 0 Å². The van der Waals surface area contributed by atoms with Crippen LogP contribution in [0.1, 0.15) is 128 Å². The second kappa shape index (κ2) is 19.0. The van der Waals surface area contributed by atoms with Crippen molar-refractivity contribution in [2.45, 2.75) is 98.8 Å². The standard InChI is InChI=1S/2C6H9NO.3C5H8N2O/c1-5(2)6-3-8-4-7-6;1-5(2)6-7-3-4-8-6;1-4(2)5-7-6-3-8-5;1-4(2)5-6-3-8-7-5;1-4(2)5-6-3-7-8-5/h2*3-5H,1-2H3;3*3-4H,1-2H3. The van der Waals surface area contributed by atoms with Crippen molar-refractivity contribution >= 4 is 0 Å².